The maximum atomic E-state index is 2.27. The third kappa shape index (κ3) is 4.01. The molecule has 6 aromatic rings. The van der Waals surface area contributed by atoms with Crippen molar-refractivity contribution in [3.8, 4) is 0 Å². The Hall–Kier alpha value is -2.87. The molecule has 0 aliphatic heterocycles. The van der Waals surface area contributed by atoms with Gasteiger partial charge in [0, 0.05) is 16.8 Å². The second-order valence-electron chi connectivity index (χ2n) is 9.32. The van der Waals surface area contributed by atoms with Crippen LogP contribution in [0.3, 0.4) is 0 Å². The van der Waals surface area contributed by atoms with Gasteiger partial charge in [-0.15, -0.1) is 78.5 Å². The van der Waals surface area contributed by atoms with E-state index in [1.54, 1.807) is 0 Å². The molecule has 0 unspecified atom stereocenters. The first-order chi connectivity index (χ1) is 15.6. The number of fused-ring (bicyclic) bond motifs is 6. The zero-order valence-electron chi connectivity index (χ0n) is 19.7. The van der Waals surface area contributed by atoms with Crippen LogP contribution in [0.25, 0.3) is 43.1 Å². The zero-order chi connectivity index (χ0) is 22.2. The molecule has 0 spiro atoms. The van der Waals surface area contributed by atoms with E-state index in [0.717, 1.165) is 0 Å². The Morgan fingerprint density at radius 3 is 0.818 bits per heavy atom. The Kier molecular flexibility index (Phi) is 6.74. The second kappa shape index (κ2) is 9.55. The SMILES string of the molecule is CC(C)[c-]1c2ccccc2c2ccccc21.CC(C)[c-]1c2ccccc2c2ccccc21.[Co]. The Balaban J connectivity index is 0.000000152. The van der Waals surface area contributed by atoms with Gasteiger partial charge in [-0.25, -0.2) is 0 Å². The molecule has 0 saturated heterocycles. The molecule has 0 aromatic heterocycles. The van der Waals surface area contributed by atoms with Gasteiger partial charge in [-0.3, -0.25) is 0 Å². The summed E-state index contributed by atoms with van der Waals surface area (Å²) in [6, 6.07) is 34.9. The van der Waals surface area contributed by atoms with Crippen molar-refractivity contribution >= 4 is 43.1 Å². The van der Waals surface area contributed by atoms with Crippen LogP contribution in [-0.4, -0.2) is 0 Å². The molecule has 0 N–H and O–H groups in total. The van der Waals surface area contributed by atoms with Gasteiger partial charge < -0.3 is 0 Å². The molecule has 0 heterocycles. The molecule has 169 valence electrons. The number of rotatable bonds is 2. The number of benzene rings is 4. The Morgan fingerprint density at radius 1 is 0.394 bits per heavy atom. The molecular weight excluding hydrogens is 443 g/mol. The molecule has 6 aromatic carbocycles. The minimum atomic E-state index is 0. The zero-order valence-corrected chi connectivity index (χ0v) is 20.8. The summed E-state index contributed by atoms with van der Waals surface area (Å²) in [7, 11) is 0. The predicted molar refractivity (Wildman–Crippen MR) is 142 cm³/mol. The topological polar surface area (TPSA) is 0 Å². The molecule has 6 rings (SSSR count). The first-order valence-electron chi connectivity index (χ1n) is 11.7. The van der Waals surface area contributed by atoms with E-state index in [-0.39, 0.29) is 16.8 Å². The molecule has 0 amide bonds. The van der Waals surface area contributed by atoms with Crippen LogP contribution in [0.1, 0.15) is 50.7 Å². The average Bonchev–Trinajstić information content (AvgIpc) is 3.33. The van der Waals surface area contributed by atoms with E-state index in [2.05, 4.69) is 125 Å². The molecule has 0 saturated carbocycles. The van der Waals surface area contributed by atoms with Gasteiger partial charge in [0.2, 0.25) is 0 Å². The van der Waals surface area contributed by atoms with Gasteiger partial charge in [0.1, 0.15) is 0 Å². The van der Waals surface area contributed by atoms with Crippen LogP contribution in [0.5, 0.6) is 0 Å². The van der Waals surface area contributed by atoms with Crippen molar-refractivity contribution in [2.75, 3.05) is 0 Å². The fraction of sp³-hybridized carbons (Fsp3) is 0.188. The summed E-state index contributed by atoms with van der Waals surface area (Å²) in [5.41, 5.74) is 2.98. The first kappa shape index (κ1) is 23.3. The van der Waals surface area contributed by atoms with Crippen LogP contribution in [-0.2, 0) is 16.8 Å². The first-order valence-corrected chi connectivity index (χ1v) is 11.7. The van der Waals surface area contributed by atoms with Crippen molar-refractivity contribution in [3.05, 3.63) is 108 Å². The summed E-state index contributed by atoms with van der Waals surface area (Å²) in [4.78, 5) is 0. The molecule has 0 bridgehead atoms. The fourth-order valence-corrected chi connectivity index (χ4v) is 5.35. The monoisotopic (exact) mass is 473 g/mol. The van der Waals surface area contributed by atoms with Crippen LogP contribution >= 0.6 is 0 Å². The normalized spacial score (nSPS) is 11.3. The van der Waals surface area contributed by atoms with E-state index in [1.807, 2.05) is 0 Å². The van der Waals surface area contributed by atoms with Gasteiger partial charge in [0.15, 0.2) is 0 Å². The van der Waals surface area contributed by atoms with Gasteiger partial charge in [0.25, 0.3) is 0 Å². The summed E-state index contributed by atoms with van der Waals surface area (Å²) >= 11 is 0. The average molecular weight is 474 g/mol. The predicted octanol–water partition coefficient (Wildman–Crippen LogP) is 9.67. The van der Waals surface area contributed by atoms with Crippen molar-refractivity contribution < 1.29 is 16.8 Å². The van der Waals surface area contributed by atoms with E-state index < -0.39 is 0 Å². The summed E-state index contributed by atoms with van der Waals surface area (Å²) in [5.74, 6) is 1.15. The van der Waals surface area contributed by atoms with Crippen LogP contribution in [0.4, 0.5) is 0 Å². The van der Waals surface area contributed by atoms with Gasteiger partial charge in [-0.05, 0) is 11.8 Å². The van der Waals surface area contributed by atoms with Crippen molar-refractivity contribution in [3.63, 3.8) is 0 Å². The second-order valence-corrected chi connectivity index (χ2v) is 9.32. The molecule has 0 atom stereocenters. The molecule has 0 nitrogen and oxygen atoms in total. The van der Waals surface area contributed by atoms with Crippen molar-refractivity contribution in [2.45, 2.75) is 39.5 Å². The summed E-state index contributed by atoms with van der Waals surface area (Å²) < 4.78 is 0. The molecule has 33 heavy (non-hydrogen) atoms. The third-order valence-corrected chi connectivity index (χ3v) is 6.60. The van der Waals surface area contributed by atoms with Crippen molar-refractivity contribution in [2.24, 2.45) is 0 Å². The van der Waals surface area contributed by atoms with Gasteiger partial charge in [-0.2, -0.15) is 0 Å². The third-order valence-electron chi connectivity index (χ3n) is 6.60. The summed E-state index contributed by atoms with van der Waals surface area (Å²) in [6.07, 6.45) is 0. The molecule has 0 fully saturated rings. The number of hydrogen-bond donors (Lipinski definition) is 0. The standard InChI is InChI=1S/2C16H15.Co/c2*1-11(2)16-14-9-5-3-7-12(14)13-8-4-6-10-15(13)16;/h2*3-11H,1-2H3;/q2*-1;. The van der Waals surface area contributed by atoms with Crippen LogP contribution in [0.2, 0.25) is 0 Å². The van der Waals surface area contributed by atoms with E-state index in [9.17, 15) is 0 Å². The van der Waals surface area contributed by atoms with Crippen molar-refractivity contribution in [1.82, 2.24) is 0 Å². The Morgan fingerprint density at radius 2 is 0.606 bits per heavy atom. The minimum Gasteiger partial charge on any atom is -0.120 e. The molecule has 1 heteroatoms. The van der Waals surface area contributed by atoms with Crippen LogP contribution in [0, 0.1) is 0 Å². The maximum absolute atomic E-state index is 2.27. The molecule has 1 radical (unpaired) electrons. The fourth-order valence-electron chi connectivity index (χ4n) is 5.35. The summed E-state index contributed by atoms with van der Waals surface area (Å²) in [6.45, 7) is 9.09. The van der Waals surface area contributed by atoms with E-state index >= 15 is 0 Å². The molecule has 0 aliphatic rings. The Bertz CT molecular complexity index is 1300. The molecule has 0 aliphatic carbocycles. The van der Waals surface area contributed by atoms with E-state index in [0.29, 0.717) is 11.8 Å². The van der Waals surface area contributed by atoms with Crippen LogP contribution in [0.15, 0.2) is 97.1 Å². The van der Waals surface area contributed by atoms with E-state index in [4.69, 9.17) is 0 Å². The van der Waals surface area contributed by atoms with E-state index in [1.165, 1.54) is 54.2 Å². The van der Waals surface area contributed by atoms with Crippen LogP contribution < -0.4 is 0 Å². The molecular formula is C32H30Co-2. The van der Waals surface area contributed by atoms with Gasteiger partial charge in [0.05, 0.1) is 0 Å². The summed E-state index contributed by atoms with van der Waals surface area (Å²) in [5, 5.41) is 11.2. The smallest absolute Gasteiger partial charge is 0 e. The largest absolute Gasteiger partial charge is 0.120 e. The quantitative estimate of drug-likeness (QED) is 0.220. The number of hydrogen-bond acceptors (Lipinski definition) is 0. The van der Waals surface area contributed by atoms with Gasteiger partial charge in [-0.1, -0.05) is 100 Å². The Labute approximate surface area is 207 Å². The van der Waals surface area contributed by atoms with Gasteiger partial charge >= 0.3 is 0 Å². The maximum Gasteiger partial charge on any atom is 0 e. The minimum absolute atomic E-state index is 0. The van der Waals surface area contributed by atoms with Crippen molar-refractivity contribution in [1.29, 1.82) is 0 Å².